The van der Waals surface area contributed by atoms with Crippen LogP contribution in [0.1, 0.15) is 0 Å². The Hall–Kier alpha value is -1.32. The summed E-state index contributed by atoms with van der Waals surface area (Å²) < 4.78 is 12.6. The highest BCUT2D eigenvalue weighted by Gasteiger charge is 2.28. The molecule has 2 aromatic rings. The summed E-state index contributed by atoms with van der Waals surface area (Å²) in [6.07, 6.45) is 0. The van der Waals surface area contributed by atoms with Gasteiger partial charge in [-0.05, 0) is 24.3 Å². The Morgan fingerprint density at radius 2 is 1.50 bits per heavy atom. The standard InChI is InChI=1S/C12H11ClNO3P/c13-11-8-4-5-9-12(11)14(18(15,16)17)10-6-2-1-3-7-10/h1-9H,(H2,15,16,17). The fourth-order valence-corrected chi connectivity index (χ4v) is 2.79. The van der Waals surface area contributed by atoms with Crippen molar-refractivity contribution in [2.45, 2.75) is 0 Å². The number of benzene rings is 2. The number of halogens is 1. The van der Waals surface area contributed by atoms with Crippen LogP contribution in [0.15, 0.2) is 54.6 Å². The minimum absolute atomic E-state index is 0.277. The summed E-state index contributed by atoms with van der Waals surface area (Å²) in [7, 11) is -4.50. The van der Waals surface area contributed by atoms with Crippen LogP contribution >= 0.6 is 19.3 Å². The van der Waals surface area contributed by atoms with Gasteiger partial charge in [-0.1, -0.05) is 41.9 Å². The molecule has 4 nitrogen and oxygen atoms in total. The first kappa shape index (κ1) is 13.1. The van der Waals surface area contributed by atoms with Crippen LogP contribution in [0.25, 0.3) is 0 Å². The third-order valence-corrected chi connectivity index (χ3v) is 3.63. The molecule has 0 atom stereocenters. The van der Waals surface area contributed by atoms with Gasteiger partial charge in [0.25, 0.3) is 0 Å². The quantitative estimate of drug-likeness (QED) is 0.846. The lowest BCUT2D eigenvalue weighted by atomic mass is 10.2. The van der Waals surface area contributed by atoms with Crippen LogP contribution < -0.4 is 4.67 Å². The molecule has 2 aromatic carbocycles. The molecular weight excluding hydrogens is 273 g/mol. The van der Waals surface area contributed by atoms with Crippen molar-refractivity contribution in [2.24, 2.45) is 0 Å². The lowest BCUT2D eigenvalue weighted by Crippen LogP contribution is -2.13. The van der Waals surface area contributed by atoms with Crippen LogP contribution in [-0.2, 0) is 4.57 Å². The Bertz CT molecular complexity index is 585. The average molecular weight is 284 g/mol. The normalized spacial score (nSPS) is 11.3. The van der Waals surface area contributed by atoms with E-state index in [1.807, 2.05) is 0 Å². The number of anilines is 2. The van der Waals surface area contributed by atoms with Crippen molar-refractivity contribution < 1.29 is 14.4 Å². The van der Waals surface area contributed by atoms with E-state index in [0.29, 0.717) is 5.69 Å². The molecular formula is C12H11ClNO3P. The van der Waals surface area contributed by atoms with Gasteiger partial charge in [0.05, 0.1) is 16.4 Å². The minimum Gasteiger partial charge on any atom is -0.308 e. The molecule has 0 saturated heterocycles. The zero-order valence-corrected chi connectivity index (χ0v) is 10.9. The molecule has 94 valence electrons. The van der Waals surface area contributed by atoms with Crippen LogP contribution in [0.5, 0.6) is 0 Å². The first-order valence-corrected chi connectivity index (χ1v) is 7.10. The Morgan fingerprint density at radius 3 is 2.06 bits per heavy atom. The van der Waals surface area contributed by atoms with Crippen LogP contribution in [0, 0.1) is 0 Å². The predicted octanol–water partition coefficient (Wildman–Crippen LogP) is 3.57. The van der Waals surface area contributed by atoms with Crippen LogP contribution in [-0.4, -0.2) is 9.79 Å². The molecule has 0 aromatic heterocycles. The van der Waals surface area contributed by atoms with Crippen molar-refractivity contribution in [2.75, 3.05) is 4.67 Å². The monoisotopic (exact) mass is 283 g/mol. The topological polar surface area (TPSA) is 60.8 Å². The lowest BCUT2D eigenvalue weighted by molar-refractivity contribution is 0.373. The maximum absolute atomic E-state index is 11.6. The van der Waals surface area contributed by atoms with Crippen molar-refractivity contribution >= 4 is 30.7 Å². The smallest absolute Gasteiger partial charge is 0.308 e. The van der Waals surface area contributed by atoms with Gasteiger partial charge in [0.2, 0.25) is 0 Å². The van der Waals surface area contributed by atoms with Gasteiger partial charge in [-0.25, -0.2) is 9.24 Å². The van der Waals surface area contributed by atoms with Gasteiger partial charge >= 0.3 is 7.75 Å². The number of hydrogen-bond acceptors (Lipinski definition) is 1. The molecule has 18 heavy (non-hydrogen) atoms. The van der Waals surface area contributed by atoms with Crippen LogP contribution in [0.2, 0.25) is 5.02 Å². The third kappa shape index (κ3) is 2.74. The van der Waals surface area contributed by atoms with Crippen molar-refractivity contribution in [1.29, 1.82) is 0 Å². The van der Waals surface area contributed by atoms with E-state index in [0.717, 1.165) is 4.67 Å². The summed E-state index contributed by atoms with van der Waals surface area (Å²) >= 11 is 5.99. The van der Waals surface area contributed by atoms with E-state index in [2.05, 4.69) is 0 Å². The summed E-state index contributed by atoms with van der Waals surface area (Å²) in [5, 5.41) is 0.282. The molecule has 0 saturated carbocycles. The van der Waals surface area contributed by atoms with Crippen LogP contribution in [0.3, 0.4) is 0 Å². The SMILES string of the molecule is O=P(O)(O)N(c1ccccc1)c1ccccc1Cl. The molecule has 0 radical (unpaired) electrons. The van der Waals surface area contributed by atoms with E-state index in [9.17, 15) is 14.4 Å². The molecule has 0 amide bonds. The van der Waals surface area contributed by atoms with Crippen LogP contribution in [0.4, 0.5) is 11.4 Å². The highest BCUT2D eigenvalue weighted by molar-refractivity contribution is 7.54. The van der Waals surface area contributed by atoms with E-state index < -0.39 is 7.75 Å². The second kappa shape index (κ2) is 5.12. The summed E-state index contributed by atoms with van der Waals surface area (Å²) in [5.74, 6) is 0. The second-order valence-electron chi connectivity index (χ2n) is 3.61. The van der Waals surface area contributed by atoms with E-state index in [-0.39, 0.29) is 10.7 Å². The van der Waals surface area contributed by atoms with Gasteiger partial charge in [-0.15, -0.1) is 0 Å². The molecule has 2 rings (SSSR count). The molecule has 0 bridgehead atoms. The lowest BCUT2D eigenvalue weighted by Gasteiger charge is -2.26. The van der Waals surface area contributed by atoms with Crippen molar-refractivity contribution in [1.82, 2.24) is 0 Å². The first-order valence-electron chi connectivity index (χ1n) is 5.16. The van der Waals surface area contributed by atoms with E-state index in [1.165, 1.54) is 0 Å². The van der Waals surface area contributed by atoms with Gasteiger partial charge < -0.3 is 9.79 Å². The molecule has 6 heteroatoms. The van der Waals surface area contributed by atoms with Gasteiger partial charge in [-0.3, -0.25) is 0 Å². The predicted molar refractivity (Wildman–Crippen MR) is 72.1 cm³/mol. The number of rotatable bonds is 3. The fraction of sp³-hybridized carbons (Fsp3) is 0. The summed E-state index contributed by atoms with van der Waals surface area (Å²) in [5.41, 5.74) is 0.664. The molecule has 0 fully saturated rings. The Morgan fingerprint density at radius 1 is 0.944 bits per heavy atom. The molecule has 0 unspecified atom stereocenters. The molecule has 0 spiro atoms. The Kier molecular flexibility index (Phi) is 3.73. The van der Waals surface area contributed by atoms with Gasteiger partial charge in [0.15, 0.2) is 0 Å². The second-order valence-corrected chi connectivity index (χ2v) is 5.45. The Balaban J connectivity index is 2.59. The van der Waals surface area contributed by atoms with Gasteiger partial charge in [0, 0.05) is 0 Å². The summed E-state index contributed by atoms with van der Waals surface area (Å²) in [6.45, 7) is 0. The number of nitrogens with zero attached hydrogens (tertiary/aromatic N) is 1. The summed E-state index contributed by atoms with van der Waals surface area (Å²) in [6, 6.07) is 14.9. The highest BCUT2D eigenvalue weighted by Crippen LogP contribution is 2.51. The zero-order chi connectivity index (χ0) is 13.2. The molecule has 2 N–H and O–H groups in total. The van der Waals surface area contributed by atoms with Crippen molar-refractivity contribution in [3.8, 4) is 0 Å². The van der Waals surface area contributed by atoms with E-state index >= 15 is 0 Å². The van der Waals surface area contributed by atoms with Crippen molar-refractivity contribution in [3.05, 3.63) is 59.6 Å². The fourth-order valence-electron chi connectivity index (χ4n) is 1.62. The van der Waals surface area contributed by atoms with E-state index in [4.69, 9.17) is 11.6 Å². The summed E-state index contributed by atoms with van der Waals surface area (Å²) in [4.78, 5) is 19.0. The van der Waals surface area contributed by atoms with Gasteiger partial charge in [0.1, 0.15) is 0 Å². The van der Waals surface area contributed by atoms with E-state index in [1.54, 1.807) is 54.6 Å². The number of para-hydroxylation sites is 2. The maximum atomic E-state index is 11.6. The maximum Gasteiger partial charge on any atom is 0.434 e. The minimum atomic E-state index is -4.50. The first-order chi connectivity index (χ1) is 8.50. The molecule has 0 aliphatic rings. The Labute approximate surface area is 110 Å². The molecule has 0 heterocycles. The average Bonchev–Trinajstić information content (AvgIpc) is 2.32. The zero-order valence-electron chi connectivity index (χ0n) is 9.27. The largest absolute Gasteiger partial charge is 0.434 e. The number of hydrogen-bond donors (Lipinski definition) is 2. The molecule has 0 aliphatic heterocycles. The van der Waals surface area contributed by atoms with Gasteiger partial charge in [-0.2, -0.15) is 0 Å². The third-order valence-electron chi connectivity index (χ3n) is 2.34. The molecule has 0 aliphatic carbocycles. The highest BCUT2D eigenvalue weighted by atomic mass is 35.5. The van der Waals surface area contributed by atoms with Crippen molar-refractivity contribution in [3.63, 3.8) is 0 Å².